The van der Waals surface area contributed by atoms with Crippen LogP contribution in [0.25, 0.3) is 0 Å². The number of benzene rings is 2. The van der Waals surface area contributed by atoms with Crippen molar-refractivity contribution in [1.82, 2.24) is 10.6 Å². The smallest absolute Gasteiger partial charge is 0.191 e. The highest BCUT2D eigenvalue weighted by Crippen LogP contribution is 2.42. The second-order valence-corrected chi connectivity index (χ2v) is 6.30. The summed E-state index contributed by atoms with van der Waals surface area (Å²) in [4.78, 5) is 4.38. The van der Waals surface area contributed by atoms with Gasteiger partial charge in [0.15, 0.2) is 5.96 Å². The van der Waals surface area contributed by atoms with Crippen molar-refractivity contribution in [1.29, 1.82) is 0 Å². The molecule has 2 aromatic carbocycles. The van der Waals surface area contributed by atoms with Gasteiger partial charge in [-0.1, -0.05) is 54.6 Å². The molecule has 3 atom stereocenters. The van der Waals surface area contributed by atoms with Crippen molar-refractivity contribution in [3.8, 4) is 0 Å². The number of rotatable bonds is 4. The third kappa shape index (κ3) is 4.50. The standard InChI is InChI=1S/C20H25N3.HI/c1-14-9-7-8-12-17(14)18-13-19(18)23-20(21-3)22-15(2)16-10-5-4-6-11-16;/h4-12,15,18-19H,13H2,1-3H3,(H2,21,22,23);1H. The lowest BCUT2D eigenvalue weighted by molar-refractivity contribution is 0.681. The van der Waals surface area contributed by atoms with Gasteiger partial charge in [0.2, 0.25) is 0 Å². The number of hydrogen-bond acceptors (Lipinski definition) is 1. The minimum Gasteiger partial charge on any atom is -0.353 e. The molecule has 2 aromatic rings. The third-order valence-electron chi connectivity index (χ3n) is 4.58. The van der Waals surface area contributed by atoms with Gasteiger partial charge in [0, 0.05) is 19.0 Å². The van der Waals surface area contributed by atoms with Crippen LogP contribution >= 0.6 is 24.0 Å². The van der Waals surface area contributed by atoms with Crippen LogP contribution in [-0.2, 0) is 0 Å². The molecule has 1 fully saturated rings. The Hall–Kier alpha value is -1.56. The number of halogens is 1. The quantitative estimate of drug-likeness (QED) is 0.425. The van der Waals surface area contributed by atoms with Gasteiger partial charge < -0.3 is 10.6 Å². The van der Waals surface area contributed by atoms with Crippen LogP contribution in [0, 0.1) is 6.92 Å². The average Bonchev–Trinajstić information content (AvgIpc) is 3.34. The molecule has 0 bridgehead atoms. The average molecular weight is 435 g/mol. The Morgan fingerprint density at radius 1 is 1.08 bits per heavy atom. The molecule has 1 aliphatic carbocycles. The van der Waals surface area contributed by atoms with Crippen LogP contribution in [0.2, 0.25) is 0 Å². The van der Waals surface area contributed by atoms with Gasteiger partial charge in [-0.2, -0.15) is 0 Å². The van der Waals surface area contributed by atoms with Crippen molar-refractivity contribution in [2.45, 2.75) is 38.3 Å². The summed E-state index contributed by atoms with van der Waals surface area (Å²) in [6, 6.07) is 19.8. The molecule has 1 saturated carbocycles. The van der Waals surface area contributed by atoms with Gasteiger partial charge in [-0.15, -0.1) is 24.0 Å². The molecule has 128 valence electrons. The molecule has 0 spiro atoms. The number of hydrogen-bond donors (Lipinski definition) is 2. The molecule has 0 saturated heterocycles. The molecule has 0 heterocycles. The Kier molecular flexibility index (Phi) is 6.66. The summed E-state index contributed by atoms with van der Waals surface area (Å²) in [5.74, 6) is 1.48. The maximum absolute atomic E-state index is 4.38. The number of aryl methyl sites for hydroxylation is 1. The number of nitrogens with zero attached hydrogens (tertiary/aromatic N) is 1. The molecule has 0 aliphatic heterocycles. The molecule has 1 aliphatic rings. The molecule has 4 heteroatoms. The van der Waals surface area contributed by atoms with E-state index in [1.165, 1.54) is 23.1 Å². The Balaban J connectivity index is 0.00000208. The fourth-order valence-corrected chi connectivity index (χ4v) is 3.08. The number of nitrogens with one attached hydrogen (secondary N) is 2. The van der Waals surface area contributed by atoms with Gasteiger partial charge >= 0.3 is 0 Å². The van der Waals surface area contributed by atoms with Gasteiger partial charge in [0.1, 0.15) is 0 Å². The Morgan fingerprint density at radius 3 is 2.42 bits per heavy atom. The predicted molar refractivity (Wildman–Crippen MR) is 112 cm³/mol. The van der Waals surface area contributed by atoms with E-state index in [0.29, 0.717) is 12.0 Å². The maximum Gasteiger partial charge on any atom is 0.191 e. The van der Waals surface area contributed by atoms with Crippen LogP contribution < -0.4 is 10.6 Å². The van der Waals surface area contributed by atoms with E-state index in [2.05, 4.69) is 78.0 Å². The van der Waals surface area contributed by atoms with Crippen molar-refractivity contribution in [2.75, 3.05) is 7.05 Å². The first-order valence-electron chi connectivity index (χ1n) is 8.29. The van der Waals surface area contributed by atoms with E-state index in [9.17, 15) is 0 Å². The molecule has 3 unspecified atom stereocenters. The first kappa shape index (κ1) is 18.8. The summed E-state index contributed by atoms with van der Waals surface area (Å²) in [6.45, 7) is 4.35. The topological polar surface area (TPSA) is 36.4 Å². The van der Waals surface area contributed by atoms with E-state index >= 15 is 0 Å². The molecule has 24 heavy (non-hydrogen) atoms. The molecule has 3 nitrogen and oxygen atoms in total. The first-order chi connectivity index (χ1) is 11.2. The maximum atomic E-state index is 4.38. The summed E-state index contributed by atoms with van der Waals surface area (Å²) in [5.41, 5.74) is 4.10. The van der Waals surface area contributed by atoms with Crippen LogP contribution in [0.3, 0.4) is 0 Å². The highest BCUT2D eigenvalue weighted by Gasteiger charge is 2.39. The van der Waals surface area contributed by atoms with E-state index in [4.69, 9.17) is 0 Å². The van der Waals surface area contributed by atoms with Crippen LogP contribution in [0.5, 0.6) is 0 Å². The zero-order valence-corrected chi connectivity index (χ0v) is 16.8. The van der Waals surface area contributed by atoms with Crippen molar-refractivity contribution in [3.63, 3.8) is 0 Å². The highest BCUT2D eigenvalue weighted by molar-refractivity contribution is 14.0. The lowest BCUT2D eigenvalue weighted by atomic mass is 10.0. The first-order valence-corrected chi connectivity index (χ1v) is 8.29. The summed E-state index contributed by atoms with van der Waals surface area (Å²) in [6.07, 6.45) is 1.17. The molecule has 0 amide bonds. The highest BCUT2D eigenvalue weighted by atomic mass is 127. The predicted octanol–water partition coefficient (Wildman–Crippen LogP) is 4.40. The van der Waals surface area contributed by atoms with Gasteiger partial charge in [-0.25, -0.2) is 0 Å². The Morgan fingerprint density at radius 2 is 1.75 bits per heavy atom. The van der Waals surface area contributed by atoms with Gasteiger partial charge in [-0.3, -0.25) is 4.99 Å². The third-order valence-corrected chi connectivity index (χ3v) is 4.58. The minimum absolute atomic E-state index is 0. The summed E-state index contributed by atoms with van der Waals surface area (Å²) in [7, 11) is 1.83. The van der Waals surface area contributed by atoms with Crippen LogP contribution in [-0.4, -0.2) is 19.0 Å². The van der Waals surface area contributed by atoms with E-state index in [1.807, 2.05) is 13.1 Å². The van der Waals surface area contributed by atoms with Crippen molar-refractivity contribution in [3.05, 3.63) is 71.3 Å². The normalized spacial score (nSPS) is 20.7. The molecule has 0 radical (unpaired) electrons. The molecular weight excluding hydrogens is 409 g/mol. The summed E-state index contributed by atoms with van der Waals surface area (Å²) < 4.78 is 0. The zero-order chi connectivity index (χ0) is 16.2. The lowest BCUT2D eigenvalue weighted by Gasteiger charge is -2.18. The van der Waals surface area contributed by atoms with Crippen molar-refractivity contribution < 1.29 is 0 Å². The van der Waals surface area contributed by atoms with Crippen molar-refractivity contribution in [2.24, 2.45) is 4.99 Å². The van der Waals surface area contributed by atoms with Gasteiger partial charge in [0.05, 0.1) is 6.04 Å². The van der Waals surface area contributed by atoms with E-state index in [-0.39, 0.29) is 30.0 Å². The van der Waals surface area contributed by atoms with Crippen LogP contribution in [0.15, 0.2) is 59.6 Å². The zero-order valence-electron chi connectivity index (χ0n) is 14.5. The Labute approximate surface area is 162 Å². The molecule has 2 N–H and O–H groups in total. The SMILES string of the molecule is CN=C(NC(C)c1ccccc1)NC1CC1c1ccccc1C.I. The minimum atomic E-state index is 0. The van der Waals surface area contributed by atoms with Gasteiger partial charge in [-0.05, 0) is 37.0 Å². The van der Waals surface area contributed by atoms with E-state index in [1.54, 1.807) is 0 Å². The molecular formula is C20H26IN3. The van der Waals surface area contributed by atoms with Gasteiger partial charge in [0.25, 0.3) is 0 Å². The largest absolute Gasteiger partial charge is 0.353 e. The monoisotopic (exact) mass is 435 g/mol. The Bertz CT molecular complexity index is 684. The molecule has 0 aromatic heterocycles. The van der Waals surface area contributed by atoms with Crippen LogP contribution in [0.1, 0.15) is 42.0 Å². The van der Waals surface area contributed by atoms with E-state index in [0.717, 1.165) is 5.96 Å². The number of guanidine groups is 1. The summed E-state index contributed by atoms with van der Waals surface area (Å²) in [5, 5.41) is 7.04. The fraction of sp³-hybridized carbons (Fsp3) is 0.350. The van der Waals surface area contributed by atoms with Crippen molar-refractivity contribution >= 4 is 29.9 Å². The fourth-order valence-electron chi connectivity index (χ4n) is 3.08. The van der Waals surface area contributed by atoms with E-state index < -0.39 is 0 Å². The molecule has 3 rings (SSSR count). The second-order valence-electron chi connectivity index (χ2n) is 6.30. The lowest BCUT2D eigenvalue weighted by Crippen LogP contribution is -2.40. The second kappa shape index (κ2) is 8.51. The van der Waals surface area contributed by atoms with Crippen LogP contribution in [0.4, 0.5) is 0 Å². The number of aliphatic imine (C=N–C) groups is 1. The summed E-state index contributed by atoms with van der Waals surface area (Å²) >= 11 is 0.